The Morgan fingerprint density at radius 2 is 1.14 bits per heavy atom. The molecule has 6 aromatic rings. The van der Waals surface area contributed by atoms with Crippen LogP contribution in [-0.4, -0.2) is 18.3 Å². The zero-order valence-electron chi connectivity index (χ0n) is 23.3. The minimum absolute atomic E-state index is 0.671. The normalized spacial score (nSPS) is 12.8. The molecule has 0 spiro atoms. The first-order valence-corrected chi connectivity index (χ1v) is 20.4. The Balaban J connectivity index is 1.64. The molecular formula is C35H33GeN. The molecule has 1 aromatic heterocycles. The number of rotatable bonds is 4. The number of hydrogen-bond donors (Lipinski definition) is 0. The summed E-state index contributed by atoms with van der Waals surface area (Å²) in [7, 11) is 0. The van der Waals surface area contributed by atoms with Gasteiger partial charge in [0.05, 0.1) is 0 Å². The molecule has 1 nitrogen and oxygen atoms in total. The summed E-state index contributed by atoms with van der Waals surface area (Å²) in [5.74, 6) is 6.46. The molecule has 0 bridgehead atoms. The van der Waals surface area contributed by atoms with Crippen LogP contribution in [0.4, 0.5) is 0 Å². The molecule has 182 valence electrons. The second-order valence-corrected chi connectivity index (χ2v) is 21.9. The van der Waals surface area contributed by atoms with Crippen molar-refractivity contribution in [3.05, 3.63) is 109 Å². The molecule has 5 aromatic carbocycles. The average Bonchev–Trinajstić information content (AvgIpc) is 2.92. The van der Waals surface area contributed by atoms with Crippen molar-refractivity contribution in [2.75, 3.05) is 0 Å². The van der Waals surface area contributed by atoms with Crippen molar-refractivity contribution in [1.82, 2.24) is 4.98 Å². The van der Waals surface area contributed by atoms with Gasteiger partial charge in [0.25, 0.3) is 0 Å². The van der Waals surface area contributed by atoms with Crippen molar-refractivity contribution in [3.8, 4) is 22.4 Å². The first-order valence-electron chi connectivity index (χ1n) is 13.6. The fourth-order valence-electron chi connectivity index (χ4n) is 5.55. The number of nitrogens with zero attached hydrogens (tertiary/aromatic N) is 1. The number of aromatic nitrogens is 1. The first-order chi connectivity index (χ1) is 18.1. The van der Waals surface area contributed by atoms with Gasteiger partial charge in [-0.3, -0.25) is 0 Å². The van der Waals surface area contributed by atoms with Crippen LogP contribution in [0.2, 0.25) is 17.3 Å². The maximum absolute atomic E-state index is 8.89. The fraction of sp³-hybridized carbons (Fsp3) is 0.171. The van der Waals surface area contributed by atoms with E-state index in [9.17, 15) is 0 Å². The Morgan fingerprint density at radius 1 is 0.595 bits per heavy atom. The zero-order chi connectivity index (χ0) is 26.7. The summed E-state index contributed by atoms with van der Waals surface area (Å²) in [5.41, 5.74) is 5.59. The molecule has 0 aliphatic rings. The van der Waals surface area contributed by atoms with Crippen molar-refractivity contribution in [1.29, 1.82) is 0 Å². The number of hydrogen-bond acceptors (Lipinski definition) is 1. The first kappa shape index (κ1) is 22.7. The van der Waals surface area contributed by atoms with Crippen molar-refractivity contribution < 1.29 is 1.37 Å². The van der Waals surface area contributed by atoms with Crippen LogP contribution in [-0.2, 0) is 0 Å². The van der Waals surface area contributed by atoms with Gasteiger partial charge in [-0.1, -0.05) is 18.2 Å². The standard InChI is InChI=1S/C35H33GeN/c1-23(2)31-21-35(37-22-34(31)36(3,4)5)26-16-18-30-28-14-10-9-13-27(28)29-17-15-25(19-32(29)33(30)20-26)24-11-7-6-8-12-24/h6-23H,1-5H3/i23D. The van der Waals surface area contributed by atoms with Crippen LogP contribution in [0.15, 0.2) is 103 Å². The molecule has 0 amide bonds. The van der Waals surface area contributed by atoms with Crippen LogP contribution < -0.4 is 4.40 Å². The SMILES string of the molecule is [2H]C(C)(C)c1cc(-c2ccc3c4ccccc4c4ccc(-c5ccccc5)cc4c3c2)nc[c]1[Ge]([CH3])([CH3])[CH3]. The number of pyridine rings is 1. The van der Waals surface area contributed by atoms with E-state index in [0.29, 0.717) is 0 Å². The van der Waals surface area contributed by atoms with Crippen molar-refractivity contribution in [2.45, 2.75) is 37.0 Å². The van der Waals surface area contributed by atoms with Gasteiger partial charge < -0.3 is 0 Å². The molecular weight excluding hydrogens is 507 g/mol. The van der Waals surface area contributed by atoms with E-state index in [4.69, 9.17) is 6.35 Å². The van der Waals surface area contributed by atoms with Crippen LogP contribution in [0.3, 0.4) is 0 Å². The van der Waals surface area contributed by atoms with Gasteiger partial charge in [-0.25, -0.2) is 0 Å². The van der Waals surface area contributed by atoms with Gasteiger partial charge in [-0.05, 0) is 0 Å². The summed E-state index contributed by atoms with van der Waals surface area (Å²) in [6, 6.07) is 35.1. The van der Waals surface area contributed by atoms with Gasteiger partial charge in [0, 0.05) is 0 Å². The van der Waals surface area contributed by atoms with E-state index in [1.807, 2.05) is 13.8 Å². The summed E-state index contributed by atoms with van der Waals surface area (Å²) < 4.78 is 10.2. The second kappa shape index (κ2) is 9.15. The third-order valence-electron chi connectivity index (χ3n) is 7.49. The summed E-state index contributed by atoms with van der Waals surface area (Å²) >= 11 is -2.19. The van der Waals surface area contributed by atoms with E-state index in [2.05, 4.69) is 121 Å². The predicted octanol–water partition coefficient (Wildman–Crippen LogP) is 9.54. The van der Waals surface area contributed by atoms with E-state index in [1.165, 1.54) is 47.8 Å². The van der Waals surface area contributed by atoms with Crippen LogP contribution in [0.5, 0.6) is 0 Å². The van der Waals surface area contributed by atoms with Crippen LogP contribution in [0.1, 0.15) is 26.7 Å². The molecule has 0 radical (unpaired) electrons. The summed E-state index contributed by atoms with van der Waals surface area (Å²) in [6.45, 7) is 3.99. The summed E-state index contributed by atoms with van der Waals surface area (Å²) in [4.78, 5) is 4.97. The van der Waals surface area contributed by atoms with E-state index >= 15 is 0 Å². The second-order valence-electron chi connectivity index (χ2n) is 11.3. The number of benzene rings is 5. The number of fused-ring (bicyclic) bond motifs is 6. The molecule has 6 rings (SSSR count). The average molecular weight is 541 g/mol. The monoisotopic (exact) mass is 542 g/mol. The maximum atomic E-state index is 8.89. The van der Waals surface area contributed by atoms with Gasteiger partial charge >= 0.3 is 206 Å². The van der Waals surface area contributed by atoms with Gasteiger partial charge in [-0.15, -0.1) is 0 Å². The van der Waals surface area contributed by atoms with Crippen LogP contribution >= 0.6 is 0 Å². The molecule has 0 N–H and O–H groups in total. The quantitative estimate of drug-likeness (QED) is 0.160. The van der Waals surface area contributed by atoms with E-state index < -0.39 is 19.2 Å². The predicted molar refractivity (Wildman–Crippen MR) is 165 cm³/mol. The Morgan fingerprint density at radius 3 is 1.73 bits per heavy atom. The van der Waals surface area contributed by atoms with Gasteiger partial charge in [-0.2, -0.15) is 0 Å². The van der Waals surface area contributed by atoms with Crippen molar-refractivity contribution >= 4 is 50.0 Å². The Hall–Kier alpha value is -3.43. The van der Waals surface area contributed by atoms with E-state index in [-0.39, 0.29) is 0 Å². The molecule has 0 aliphatic heterocycles. The van der Waals surface area contributed by atoms with Gasteiger partial charge in [0.1, 0.15) is 0 Å². The molecule has 0 aliphatic carbocycles. The van der Waals surface area contributed by atoms with Gasteiger partial charge in [0.15, 0.2) is 0 Å². The van der Waals surface area contributed by atoms with Crippen molar-refractivity contribution in [3.63, 3.8) is 0 Å². The topological polar surface area (TPSA) is 12.9 Å². The summed E-state index contributed by atoms with van der Waals surface area (Å²) in [5, 5.41) is 7.56. The molecule has 0 saturated heterocycles. The fourth-order valence-corrected chi connectivity index (χ4v) is 8.87. The molecule has 0 unspecified atom stereocenters. The third-order valence-corrected chi connectivity index (χ3v) is 11.7. The minimum atomic E-state index is -2.19. The van der Waals surface area contributed by atoms with E-state index in [0.717, 1.165) is 16.8 Å². The molecule has 0 fully saturated rings. The Bertz CT molecular complexity index is 1830. The van der Waals surface area contributed by atoms with Crippen molar-refractivity contribution in [2.24, 2.45) is 0 Å². The van der Waals surface area contributed by atoms with Crippen LogP contribution in [0, 0.1) is 0 Å². The zero-order valence-corrected chi connectivity index (χ0v) is 24.4. The molecule has 37 heavy (non-hydrogen) atoms. The van der Waals surface area contributed by atoms with Gasteiger partial charge in [0.2, 0.25) is 0 Å². The molecule has 0 saturated carbocycles. The molecule has 1 heterocycles. The van der Waals surface area contributed by atoms with Crippen LogP contribution in [0.25, 0.3) is 54.7 Å². The molecule has 0 atom stereocenters. The summed E-state index contributed by atoms with van der Waals surface area (Å²) in [6.07, 6.45) is 2.07. The Labute approximate surface area is 224 Å². The van der Waals surface area contributed by atoms with E-state index in [1.54, 1.807) is 0 Å². The molecule has 2 heteroatoms. The third kappa shape index (κ3) is 4.26. The Kier molecular flexibility index (Phi) is 5.62.